The van der Waals surface area contributed by atoms with Crippen LogP contribution in [0, 0.1) is 0 Å². The molecule has 2 aromatic heterocycles. The molecule has 5 nitrogen and oxygen atoms in total. The smallest absolute Gasteiger partial charge is 0.211 e. The van der Waals surface area contributed by atoms with E-state index in [0.29, 0.717) is 5.89 Å². The monoisotopic (exact) mass is 234 g/mol. The molecule has 0 bridgehead atoms. The van der Waals surface area contributed by atoms with Crippen LogP contribution in [-0.2, 0) is 13.5 Å². The zero-order chi connectivity index (χ0) is 12.4. The van der Waals surface area contributed by atoms with Gasteiger partial charge in [-0.05, 0) is 26.5 Å². The highest BCUT2D eigenvalue weighted by atomic mass is 16.4. The van der Waals surface area contributed by atoms with E-state index in [2.05, 4.69) is 22.3 Å². The highest BCUT2D eigenvalue weighted by Crippen LogP contribution is 2.23. The highest BCUT2D eigenvalue weighted by molar-refractivity contribution is 5.52. The SMILES string of the molecule is CCc1cc(-c2cnc(C(C)NC)o2)n(C)n1. The Bertz CT molecular complexity index is 500. The topological polar surface area (TPSA) is 55.9 Å². The third kappa shape index (κ3) is 2.24. The number of rotatable bonds is 4. The quantitative estimate of drug-likeness (QED) is 0.878. The van der Waals surface area contributed by atoms with E-state index in [0.717, 1.165) is 23.6 Å². The lowest BCUT2D eigenvalue weighted by atomic mass is 10.3. The molecule has 2 aromatic rings. The van der Waals surface area contributed by atoms with Crippen molar-refractivity contribution >= 4 is 0 Å². The van der Waals surface area contributed by atoms with Gasteiger partial charge >= 0.3 is 0 Å². The first-order valence-corrected chi connectivity index (χ1v) is 5.82. The third-order valence-electron chi connectivity index (χ3n) is 2.87. The van der Waals surface area contributed by atoms with E-state index in [1.165, 1.54) is 0 Å². The average molecular weight is 234 g/mol. The van der Waals surface area contributed by atoms with Crippen LogP contribution in [0.15, 0.2) is 16.7 Å². The standard InChI is InChI=1S/C12H18N4O/c1-5-9-6-10(16(4)15-9)11-7-14-12(17-11)8(2)13-3/h6-8,13H,5H2,1-4H3. The van der Waals surface area contributed by atoms with Crippen molar-refractivity contribution in [2.24, 2.45) is 7.05 Å². The fraction of sp³-hybridized carbons (Fsp3) is 0.500. The maximum absolute atomic E-state index is 5.73. The van der Waals surface area contributed by atoms with Crippen LogP contribution in [0.4, 0.5) is 0 Å². The van der Waals surface area contributed by atoms with E-state index < -0.39 is 0 Å². The normalized spacial score (nSPS) is 12.9. The van der Waals surface area contributed by atoms with Crippen molar-refractivity contribution in [3.05, 3.63) is 23.8 Å². The third-order valence-corrected chi connectivity index (χ3v) is 2.87. The molecule has 0 saturated carbocycles. The second kappa shape index (κ2) is 4.71. The molecule has 0 amide bonds. The van der Waals surface area contributed by atoms with Gasteiger partial charge in [0.15, 0.2) is 5.76 Å². The maximum atomic E-state index is 5.73. The Balaban J connectivity index is 2.33. The fourth-order valence-electron chi connectivity index (χ4n) is 1.66. The van der Waals surface area contributed by atoms with Crippen molar-refractivity contribution in [1.29, 1.82) is 0 Å². The molecule has 2 rings (SSSR count). The summed E-state index contributed by atoms with van der Waals surface area (Å²) in [5.41, 5.74) is 2.02. The molecule has 1 unspecified atom stereocenters. The predicted molar refractivity (Wildman–Crippen MR) is 65.6 cm³/mol. The van der Waals surface area contributed by atoms with Crippen molar-refractivity contribution in [3.63, 3.8) is 0 Å². The van der Waals surface area contributed by atoms with Crippen LogP contribution < -0.4 is 5.32 Å². The number of hydrogen-bond acceptors (Lipinski definition) is 4. The minimum Gasteiger partial charge on any atom is -0.437 e. The van der Waals surface area contributed by atoms with E-state index >= 15 is 0 Å². The Morgan fingerprint density at radius 2 is 2.29 bits per heavy atom. The molecular weight excluding hydrogens is 216 g/mol. The van der Waals surface area contributed by atoms with E-state index in [4.69, 9.17) is 4.42 Å². The first kappa shape index (κ1) is 11.9. The molecule has 0 radical (unpaired) electrons. The summed E-state index contributed by atoms with van der Waals surface area (Å²) in [5.74, 6) is 1.46. The van der Waals surface area contributed by atoms with E-state index in [-0.39, 0.29) is 6.04 Å². The molecule has 1 atom stereocenters. The van der Waals surface area contributed by atoms with Gasteiger partial charge in [-0.1, -0.05) is 6.92 Å². The lowest BCUT2D eigenvalue weighted by molar-refractivity contribution is 0.439. The highest BCUT2D eigenvalue weighted by Gasteiger charge is 2.14. The molecule has 2 heterocycles. The first-order chi connectivity index (χ1) is 8.15. The fourth-order valence-corrected chi connectivity index (χ4v) is 1.66. The zero-order valence-corrected chi connectivity index (χ0v) is 10.7. The molecular formula is C12H18N4O. The van der Waals surface area contributed by atoms with Gasteiger partial charge in [0, 0.05) is 7.05 Å². The van der Waals surface area contributed by atoms with Crippen LogP contribution in [0.1, 0.15) is 31.5 Å². The molecule has 0 spiro atoms. The van der Waals surface area contributed by atoms with Crippen LogP contribution in [0.3, 0.4) is 0 Å². The summed E-state index contributed by atoms with van der Waals surface area (Å²) >= 11 is 0. The summed E-state index contributed by atoms with van der Waals surface area (Å²) in [6, 6.07) is 2.15. The van der Waals surface area contributed by atoms with Crippen molar-refractivity contribution in [2.45, 2.75) is 26.3 Å². The van der Waals surface area contributed by atoms with Crippen molar-refractivity contribution in [3.8, 4) is 11.5 Å². The van der Waals surface area contributed by atoms with Gasteiger partial charge in [0.1, 0.15) is 5.69 Å². The van der Waals surface area contributed by atoms with Crippen molar-refractivity contribution < 1.29 is 4.42 Å². The van der Waals surface area contributed by atoms with Gasteiger partial charge in [0.25, 0.3) is 0 Å². The Kier molecular flexibility index (Phi) is 3.28. The Hall–Kier alpha value is -1.62. The number of aryl methyl sites for hydroxylation is 2. The number of aromatic nitrogens is 3. The number of oxazole rings is 1. The number of nitrogens with zero attached hydrogens (tertiary/aromatic N) is 3. The van der Waals surface area contributed by atoms with Crippen molar-refractivity contribution in [2.75, 3.05) is 7.05 Å². The minimum atomic E-state index is 0.114. The average Bonchev–Trinajstić information content (AvgIpc) is 2.94. The summed E-state index contributed by atoms with van der Waals surface area (Å²) in [5, 5.41) is 7.49. The van der Waals surface area contributed by atoms with Gasteiger partial charge in [0.05, 0.1) is 17.9 Å². The van der Waals surface area contributed by atoms with Crippen LogP contribution in [0.5, 0.6) is 0 Å². The van der Waals surface area contributed by atoms with E-state index in [1.807, 2.05) is 31.8 Å². The maximum Gasteiger partial charge on any atom is 0.211 e. The summed E-state index contributed by atoms with van der Waals surface area (Å²) in [6.07, 6.45) is 2.67. The summed E-state index contributed by atoms with van der Waals surface area (Å²) in [4.78, 5) is 4.27. The van der Waals surface area contributed by atoms with Gasteiger partial charge < -0.3 is 9.73 Å². The largest absolute Gasteiger partial charge is 0.437 e. The second-order valence-electron chi connectivity index (χ2n) is 4.07. The molecule has 0 aliphatic carbocycles. The summed E-state index contributed by atoms with van der Waals surface area (Å²) in [7, 11) is 3.80. The Morgan fingerprint density at radius 3 is 2.88 bits per heavy atom. The second-order valence-corrected chi connectivity index (χ2v) is 4.07. The van der Waals surface area contributed by atoms with E-state index in [1.54, 1.807) is 6.20 Å². The Labute approximate surface area is 101 Å². The zero-order valence-electron chi connectivity index (χ0n) is 10.7. The lowest BCUT2D eigenvalue weighted by Crippen LogP contribution is -2.12. The number of nitrogens with one attached hydrogen (secondary N) is 1. The van der Waals surface area contributed by atoms with Crippen LogP contribution >= 0.6 is 0 Å². The molecule has 0 aliphatic heterocycles. The van der Waals surface area contributed by atoms with E-state index in [9.17, 15) is 0 Å². The van der Waals surface area contributed by atoms with Crippen molar-refractivity contribution in [1.82, 2.24) is 20.1 Å². The molecule has 1 N–H and O–H groups in total. The van der Waals surface area contributed by atoms with Gasteiger partial charge in [-0.2, -0.15) is 5.10 Å². The molecule has 0 saturated heterocycles. The van der Waals surface area contributed by atoms with Gasteiger partial charge in [-0.15, -0.1) is 0 Å². The van der Waals surface area contributed by atoms with Crippen LogP contribution in [-0.4, -0.2) is 21.8 Å². The van der Waals surface area contributed by atoms with Gasteiger partial charge in [0.2, 0.25) is 5.89 Å². The molecule has 0 fully saturated rings. The van der Waals surface area contributed by atoms with Crippen LogP contribution in [0.25, 0.3) is 11.5 Å². The summed E-state index contributed by atoms with van der Waals surface area (Å²) < 4.78 is 7.55. The van der Waals surface area contributed by atoms with Gasteiger partial charge in [-0.25, -0.2) is 4.98 Å². The minimum absolute atomic E-state index is 0.114. The number of hydrogen-bond donors (Lipinski definition) is 1. The van der Waals surface area contributed by atoms with Crippen LogP contribution in [0.2, 0.25) is 0 Å². The predicted octanol–water partition coefficient (Wildman–Crippen LogP) is 1.92. The summed E-state index contributed by atoms with van der Waals surface area (Å²) in [6.45, 7) is 4.09. The lowest BCUT2D eigenvalue weighted by Gasteiger charge is -2.03. The Morgan fingerprint density at radius 1 is 1.53 bits per heavy atom. The molecule has 92 valence electrons. The first-order valence-electron chi connectivity index (χ1n) is 5.82. The molecule has 17 heavy (non-hydrogen) atoms. The van der Waals surface area contributed by atoms with Gasteiger partial charge in [-0.3, -0.25) is 4.68 Å². The molecule has 5 heteroatoms. The molecule has 0 aromatic carbocycles. The molecule has 0 aliphatic rings.